The van der Waals surface area contributed by atoms with Gasteiger partial charge in [0.15, 0.2) is 0 Å². The van der Waals surface area contributed by atoms with Crippen molar-refractivity contribution in [2.24, 2.45) is 18.7 Å². The Labute approximate surface area is 108 Å². The summed E-state index contributed by atoms with van der Waals surface area (Å²) in [6.45, 7) is 3.54. The molecule has 5 heteroatoms. The molecule has 0 radical (unpaired) electrons. The monoisotopic (exact) mass is 250 g/mol. The van der Waals surface area contributed by atoms with Crippen LogP contribution in [0.1, 0.15) is 36.7 Å². The minimum atomic E-state index is 0.0144. The number of hydrogen-bond acceptors (Lipinski definition) is 3. The van der Waals surface area contributed by atoms with Gasteiger partial charge >= 0.3 is 0 Å². The lowest BCUT2D eigenvalue weighted by Crippen LogP contribution is -2.49. The molecule has 1 aromatic rings. The van der Waals surface area contributed by atoms with Gasteiger partial charge in [0.1, 0.15) is 5.69 Å². The molecule has 2 atom stereocenters. The minimum absolute atomic E-state index is 0.0144. The minimum Gasteiger partial charge on any atom is -0.340 e. The van der Waals surface area contributed by atoms with Gasteiger partial charge in [0, 0.05) is 32.4 Å². The zero-order valence-corrected chi connectivity index (χ0v) is 11.2. The first kappa shape index (κ1) is 13.1. The zero-order chi connectivity index (χ0) is 13.1. The van der Waals surface area contributed by atoms with Gasteiger partial charge < -0.3 is 15.2 Å². The highest BCUT2D eigenvalue weighted by Crippen LogP contribution is 2.25. The largest absolute Gasteiger partial charge is 0.340 e. The van der Waals surface area contributed by atoms with E-state index in [1.54, 1.807) is 17.1 Å². The third-order valence-corrected chi connectivity index (χ3v) is 3.86. The Morgan fingerprint density at radius 1 is 1.61 bits per heavy atom. The van der Waals surface area contributed by atoms with Crippen LogP contribution in [0.25, 0.3) is 0 Å². The van der Waals surface area contributed by atoms with Crippen molar-refractivity contribution in [1.29, 1.82) is 0 Å². The number of carbonyl (C=O) groups is 1. The average Bonchev–Trinajstić information content (AvgIpc) is 2.83. The second-order valence-electron chi connectivity index (χ2n) is 5.11. The number of amides is 1. The normalized spacial score (nSPS) is 24.3. The highest BCUT2D eigenvalue weighted by atomic mass is 16.2. The molecule has 1 fully saturated rings. The van der Waals surface area contributed by atoms with Crippen LogP contribution in [-0.4, -0.2) is 39.5 Å². The third-order valence-electron chi connectivity index (χ3n) is 3.86. The fourth-order valence-electron chi connectivity index (χ4n) is 2.67. The van der Waals surface area contributed by atoms with E-state index >= 15 is 0 Å². The highest BCUT2D eigenvalue weighted by molar-refractivity contribution is 5.92. The van der Waals surface area contributed by atoms with Crippen LogP contribution in [0.4, 0.5) is 0 Å². The summed E-state index contributed by atoms with van der Waals surface area (Å²) in [5.74, 6) is 0.715. The fraction of sp³-hybridized carbons (Fsp3) is 0.692. The van der Waals surface area contributed by atoms with Crippen LogP contribution in [0, 0.1) is 5.92 Å². The number of carbonyl (C=O) groups excluding carboxylic acids is 1. The Bertz CT molecular complexity index is 415. The standard InChI is InChI=1S/C13H22N4O/c1-3-10-4-5-17(11(6-10)7-14)13(18)12-8-16(2)9-15-12/h8-11H,3-7,14H2,1-2H3. The van der Waals surface area contributed by atoms with Crippen molar-refractivity contribution in [2.75, 3.05) is 13.1 Å². The molecule has 0 aliphatic carbocycles. The van der Waals surface area contributed by atoms with Crippen molar-refractivity contribution in [2.45, 2.75) is 32.2 Å². The van der Waals surface area contributed by atoms with Gasteiger partial charge in [-0.05, 0) is 18.8 Å². The summed E-state index contributed by atoms with van der Waals surface area (Å²) in [6.07, 6.45) is 6.69. The molecule has 1 saturated heterocycles. The fourth-order valence-corrected chi connectivity index (χ4v) is 2.67. The number of piperidine rings is 1. The molecular formula is C13H22N4O. The number of likely N-dealkylation sites (tertiary alicyclic amines) is 1. The van der Waals surface area contributed by atoms with Gasteiger partial charge in [0.05, 0.1) is 6.33 Å². The van der Waals surface area contributed by atoms with Crippen LogP contribution in [0.15, 0.2) is 12.5 Å². The molecule has 100 valence electrons. The Hall–Kier alpha value is -1.36. The lowest BCUT2D eigenvalue weighted by Gasteiger charge is -2.38. The lowest BCUT2D eigenvalue weighted by molar-refractivity contribution is 0.0553. The number of nitrogens with two attached hydrogens (primary N) is 1. The molecule has 2 N–H and O–H groups in total. The Morgan fingerprint density at radius 3 is 2.94 bits per heavy atom. The van der Waals surface area contributed by atoms with Gasteiger partial charge in [-0.1, -0.05) is 13.3 Å². The maximum absolute atomic E-state index is 12.4. The molecule has 1 aromatic heterocycles. The molecule has 5 nitrogen and oxygen atoms in total. The quantitative estimate of drug-likeness (QED) is 0.870. The predicted octanol–water partition coefficient (Wildman–Crippen LogP) is 1.01. The van der Waals surface area contributed by atoms with Crippen molar-refractivity contribution in [3.8, 4) is 0 Å². The number of nitrogens with zero attached hydrogens (tertiary/aromatic N) is 3. The second kappa shape index (κ2) is 5.52. The van der Waals surface area contributed by atoms with Crippen LogP contribution >= 0.6 is 0 Å². The Balaban J connectivity index is 2.10. The Morgan fingerprint density at radius 2 is 2.39 bits per heavy atom. The maximum atomic E-state index is 12.4. The first-order valence-electron chi connectivity index (χ1n) is 6.64. The third kappa shape index (κ3) is 2.56. The van der Waals surface area contributed by atoms with E-state index in [1.807, 2.05) is 11.9 Å². The summed E-state index contributed by atoms with van der Waals surface area (Å²) in [7, 11) is 1.87. The topological polar surface area (TPSA) is 64.2 Å². The number of aromatic nitrogens is 2. The van der Waals surface area contributed by atoms with Gasteiger partial charge in [-0.2, -0.15) is 0 Å². The summed E-state index contributed by atoms with van der Waals surface area (Å²) in [5.41, 5.74) is 6.33. The Kier molecular flexibility index (Phi) is 4.01. The molecule has 0 aromatic carbocycles. The van der Waals surface area contributed by atoms with Gasteiger partial charge in [0.2, 0.25) is 0 Å². The molecule has 18 heavy (non-hydrogen) atoms. The molecule has 0 saturated carbocycles. The molecule has 2 heterocycles. The summed E-state index contributed by atoms with van der Waals surface area (Å²) in [5, 5.41) is 0. The molecule has 0 bridgehead atoms. The van der Waals surface area contributed by atoms with Crippen LogP contribution in [0.3, 0.4) is 0 Å². The molecule has 1 aliphatic heterocycles. The summed E-state index contributed by atoms with van der Waals surface area (Å²) in [4.78, 5) is 18.4. The molecule has 1 amide bonds. The van der Waals surface area contributed by atoms with E-state index in [2.05, 4.69) is 11.9 Å². The number of rotatable bonds is 3. The second-order valence-corrected chi connectivity index (χ2v) is 5.11. The van der Waals surface area contributed by atoms with Crippen molar-refractivity contribution >= 4 is 5.91 Å². The van der Waals surface area contributed by atoms with E-state index in [0.717, 1.165) is 19.4 Å². The van der Waals surface area contributed by atoms with E-state index in [9.17, 15) is 4.79 Å². The van der Waals surface area contributed by atoms with Gasteiger partial charge in [0.25, 0.3) is 5.91 Å². The van der Waals surface area contributed by atoms with Crippen LogP contribution < -0.4 is 5.73 Å². The maximum Gasteiger partial charge on any atom is 0.274 e. The van der Waals surface area contributed by atoms with E-state index < -0.39 is 0 Å². The van der Waals surface area contributed by atoms with Crippen molar-refractivity contribution < 1.29 is 4.79 Å². The molecule has 0 spiro atoms. The lowest BCUT2D eigenvalue weighted by atomic mass is 9.88. The SMILES string of the molecule is CCC1CCN(C(=O)c2cn(C)cn2)C(CN)C1. The van der Waals surface area contributed by atoms with Crippen molar-refractivity contribution in [3.05, 3.63) is 18.2 Å². The van der Waals surface area contributed by atoms with E-state index in [1.165, 1.54) is 6.42 Å². The number of hydrogen-bond donors (Lipinski definition) is 1. The first-order valence-corrected chi connectivity index (χ1v) is 6.64. The van der Waals surface area contributed by atoms with Gasteiger partial charge in [-0.3, -0.25) is 4.79 Å². The van der Waals surface area contributed by atoms with Crippen LogP contribution in [0.5, 0.6) is 0 Å². The van der Waals surface area contributed by atoms with E-state index in [0.29, 0.717) is 18.2 Å². The molecular weight excluding hydrogens is 228 g/mol. The van der Waals surface area contributed by atoms with E-state index in [4.69, 9.17) is 5.73 Å². The summed E-state index contributed by atoms with van der Waals surface area (Å²) in [6, 6.07) is 0.165. The van der Waals surface area contributed by atoms with Crippen molar-refractivity contribution in [1.82, 2.24) is 14.5 Å². The molecule has 2 unspecified atom stereocenters. The first-order chi connectivity index (χ1) is 8.65. The van der Waals surface area contributed by atoms with Crippen molar-refractivity contribution in [3.63, 3.8) is 0 Å². The average molecular weight is 250 g/mol. The number of aryl methyl sites for hydroxylation is 1. The predicted molar refractivity (Wildman–Crippen MR) is 70.1 cm³/mol. The van der Waals surface area contributed by atoms with E-state index in [-0.39, 0.29) is 11.9 Å². The molecule has 1 aliphatic rings. The van der Waals surface area contributed by atoms with Gasteiger partial charge in [-0.25, -0.2) is 4.98 Å². The zero-order valence-electron chi connectivity index (χ0n) is 11.2. The smallest absolute Gasteiger partial charge is 0.274 e. The summed E-state index contributed by atoms with van der Waals surface area (Å²) < 4.78 is 1.80. The molecule has 2 rings (SSSR count). The van der Waals surface area contributed by atoms with Crippen LogP contribution in [0.2, 0.25) is 0 Å². The number of imidazole rings is 1. The van der Waals surface area contributed by atoms with Gasteiger partial charge in [-0.15, -0.1) is 0 Å². The van der Waals surface area contributed by atoms with Crippen LogP contribution in [-0.2, 0) is 7.05 Å². The highest BCUT2D eigenvalue weighted by Gasteiger charge is 2.31. The summed E-state index contributed by atoms with van der Waals surface area (Å²) >= 11 is 0.